The molecule has 4 rings (SSSR count). The van der Waals surface area contributed by atoms with E-state index in [0.29, 0.717) is 24.1 Å². The topological polar surface area (TPSA) is 69.7 Å². The highest BCUT2D eigenvalue weighted by Gasteiger charge is 2.31. The number of nitrogens with one attached hydrogen (secondary N) is 1. The lowest BCUT2D eigenvalue weighted by Gasteiger charge is -2.30. The molecule has 31 heavy (non-hydrogen) atoms. The molecular weight excluding hydrogens is 465 g/mol. The fraction of sp³-hybridized carbons (Fsp3) is 0.261. The van der Waals surface area contributed by atoms with E-state index in [0.717, 1.165) is 22.1 Å². The zero-order valence-corrected chi connectivity index (χ0v) is 18.5. The van der Waals surface area contributed by atoms with Gasteiger partial charge in [0.2, 0.25) is 5.91 Å². The van der Waals surface area contributed by atoms with Gasteiger partial charge in [-0.05, 0) is 47.9 Å². The van der Waals surface area contributed by atoms with Gasteiger partial charge in [0.15, 0.2) is 5.78 Å². The smallest absolute Gasteiger partial charge is 0.321 e. The van der Waals surface area contributed by atoms with Crippen LogP contribution in [0.5, 0.6) is 0 Å². The molecule has 2 aromatic carbocycles. The summed E-state index contributed by atoms with van der Waals surface area (Å²) < 4.78 is 14.1. The van der Waals surface area contributed by atoms with E-state index >= 15 is 0 Å². The summed E-state index contributed by atoms with van der Waals surface area (Å²) in [6.45, 7) is 0.669. The van der Waals surface area contributed by atoms with Crippen molar-refractivity contribution in [3.63, 3.8) is 0 Å². The normalized spacial score (nSPS) is 18.8. The molecule has 3 amide bonds. The maximum Gasteiger partial charge on any atom is 0.321 e. The lowest BCUT2D eigenvalue weighted by atomic mass is 9.92. The minimum absolute atomic E-state index is 0.0790. The Labute approximate surface area is 187 Å². The van der Waals surface area contributed by atoms with E-state index in [1.165, 1.54) is 23.2 Å². The third-order valence-electron chi connectivity index (χ3n) is 5.52. The summed E-state index contributed by atoms with van der Waals surface area (Å²) >= 11 is 3.50. The fourth-order valence-electron chi connectivity index (χ4n) is 3.86. The molecule has 1 N–H and O–H groups in total. The first-order valence-electron chi connectivity index (χ1n) is 9.96. The molecule has 2 aromatic rings. The Bertz CT molecular complexity index is 1080. The van der Waals surface area contributed by atoms with Gasteiger partial charge in [-0.3, -0.25) is 9.59 Å². The molecule has 0 radical (unpaired) electrons. The highest BCUT2D eigenvalue weighted by atomic mass is 79.9. The average Bonchev–Trinajstić information content (AvgIpc) is 3.18. The van der Waals surface area contributed by atoms with Crippen LogP contribution in [0.3, 0.4) is 0 Å². The van der Waals surface area contributed by atoms with Crippen LogP contribution in [0.1, 0.15) is 30.0 Å². The van der Waals surface area contributed by atoms with Crippen molar-refractivity contribution in [3.05, 3.63) is 75.7 Å². The molecule has 1 saturated heterocycles. The number of amides is 3. The van der Waals surface area contributed by atoms with Crippen molar-refractivity contribution in [1.82, 2.24) is 10.2 Å². The molecule has 8 heteroatoms. The van der Waals surface area contributed by atoms with E-state index in [2.05, 4.69) is 21.2 Å². The van der Waals surface area contributed by atoms with Crippen LogP contribution >= 0.6 is 15.9 Å². The number of rotatable bonds is 5. The molecule has 2 aliphatic heterocycles. The van der Waals surface area contributed by atoms with Gasteiger partial charge in [-0.1, -0.05) is 28.1 Å². The third-order valence-corrected chi connectivity index (χ3v) is 6.30. The molecule has 160 valence electrons. The van der Waals surface area contributed by atoms with Crippen LogP contribution < -0.4 is 10.2 Å². The third kappa shape index (κ3) is 4.39. The van der Waals surface area contributed by atoms with Gasteiger partial charge in [-0.15, -0.1) is 0 Å². The first-order chi connectivity index (χ1) is 14.8. The second-order valence-corrected chi connectivity index (χ2v) is 8.51. The zero-order valence-electron chi connectivity index (χ0n) is 16.9. The summed E-state index contributed by atoms with van der Waals surface area (Å²) in [5.41, 5.74) is 2.55. The maximum absolute atomic E-state index is 13.4. The summed E-state index contributed by atoms with van der Waals surface area (Å²) in [4.78, 5) is 40.6. The monoisotopic (exact) mass is 485 g/mol. The van der Waals surface area contributed by atoms with Crippen LogP contribution in [0.25, 0.3) is 0 Å². The Balaban J connectivity index is 1.63. The van der Waals surface area contributed by atoms with Crippen LogP contribution in [0.2, 0.25) is 0 Å². The Kier molecular flexibility index (Phi) is 5.91. The SMILES string of the molecule is CN1C=C(C(=O)Cc2cc(N3CCCC3=O)ccc2Br)[C@H](c2ccc(F)cc2)NC1=O. The molecule has 0 spiro atoms. The van der Waals surface area contributed by atoms with E-state index in [4.69, 9.17) is 0 Å². The number of halogens is 2. The van der Waals surface area contributed by atoms with Gasteiger partial charge in [0.1, 0.15) is 5.82 Å². The van der Waals surface area contributed by atoms with E-state index < -0.39 is 11.9 Å². The Hall–Kier alpha value is -3.00. The van der Waals surface area contributed by atoms with Crippen molar-refractivity contribution in [1.29, 1.82) is 0 Å². The molecule has 1 atom stereocenters. The number of ketones is 1. The van der Waals surface area contributed by atoms with Gasteiger partial charge in [-0.2, -0.15) is 0 Å². The fourth-order valence-corrected chi connectivity index (χ4v) is 4.24. The van der Waals surface area contributed by atoms with Crippen molar-refractivity contribution in [2.24, 2.45) is 0 Å². The number of carbonyl (C=O) groups excluding carboxylic acids is 3. The highest BCUT2D eigenvalue weighted by molar-refractivity contribution is 9.10. The molecule has 6 nitrogen and oxygen atoms in total. The number of urea groups is 1. The van der Waals surface area contributed by atoms with Gasteiger partial charge >= 0.3 is 6.03 Å². The quantitative estimate of drug-likeness (QED) is 0.692. The Morgan fingerprint density at radius 2 is 1.94 bits per heavy atom. The number of benzene rings is 2. The number of anilines is 1. The minimum Gasteiger partial charge on any atom is -0.327 e. The zero-order chi connectivity index (χ0) is 22.1. The predicted molar refractivity (Wildman–Crippen MR) is 118 cm³/mol. The van der Waals surface area contributed by atoms with Crippen LogP contribution in [0, 0.1) is 5.82 Å². The molecule has 0 unspecified atom stereocenters. The molecule has 0 aliphatic carbocycles. The molecule has 0 aromatic heterocycles. The van der Waals surface area contributed by atoms with Crippen LogP contribution in [-0.4, -0.2) is 36.2 Å². The summed E-state index contributed by atoms with van der Waals surface area (Å²) in [6, 6.07) is 10.2. The molecule has 0 bridgehead atoms. The summed E-state index contributed by atoms with van der Waals surface area (Å²) in [7, 11) is 1.57. The molecule has 2 heterocycles. The first kappa shape index (κ1) is 21.2. The minimum atomic E-state index is -0.668. The van der Waals surface area contributed by atoms with Crippen LogP contribution in [-0.2, 0) is 16.0 Å². The Morgan fingerprint density at radius 1 is 1.19 bits per heavy atom. The van der Waals surface area contributed by atoms with Gasteiger partial charge in [0, 0.05) is 48.4 Å². The van der Waals surface area contributed by atoms with Crippen molar-refractivity contribution < 1.29 is 18.8 Å². The standard InChI is InChI=1S/C23H21BrFN3O3/c1-27-13-18(22(26-23(27)31)14-4-6-16(25)7-5-14)20(29)12-15-11-17(8-9-19(15)24)28-10-2-3-21(28)30/h4-9,11,13,22H,2-3,10,12H2,1H3,(H,26,31)/t22-/m0/s1. The highest BCUT2D eigenvalue weighted by Crippen LogP contribution is 2.31. The van der Waals surface area contributed by atoms with Crippen molar-refractivity contribution in [2.45, 2.75) is 25.3 Å². The van der Waals surface area contributed by atoms with E-state index in [9.17, 15) is 18.8 Å². The lowest BCUT2D eigenvalue weighted by Crippen LogP contribution is -2.43. The number of hydrogen-bond donors (Lipinski definition) is 1. The summed E-state index contributed by atoms with van der Waals surface area (Å²) in [6.07, 6.45) is 2.96. The second-order valence-electron chi connectivity index (χ2n) is 7.65. The molecule has 0 saturated carbocycles. The van der Waals surface area contributed by atoms with E-state index in [-0.39, 0.29) is 24.1 Å². The average molecular weight is 486 g/mol. The molecular formula is C23H21BrFN3O3. The van der Waals surface area contributed by atoms with E-state index in [1.807, 2.05) is 18.2 Å². The second kappa shape index (κ2) is 8.63. The molecule has 2 aliphatic rings. The van der Waals surface area contributed by atoms with Gasteiger partial charge in [-0.25, -0.2) is 9.18 Å². The predicted octanol–water partition coefficient (Wildman–Crippen LogP) is 4.11. The number of Topliss-reactive ketones (excluding diaryl/α,β-unsaturated/α-hetero) is 1. The first-order valence-corrected chi connectivity index (χ1v) is 10.8. The number of nitrogens with zero attached hydrogens (tertiary/aromatic N) is 2. The van der Waals surface area contributed by atoms with Gasteiger partial charge < -0.3 is 15.1 Å². The summed E-state index contributed by atoms with van der Waals surface area (Å²) in [5, 5.41) is 2.81. The van der Waals surface area contributed by atoms with Crippen LogP contribution in [0.15, 0.2) is 58.7 Å². The summed E-state index contributed by atoms with van der Waals surface area (Å²) in [5.74, 6) is -0.487. The maximum atomic E-state index is 13.4. The number of carbonyl (C=O) groups is 3. The Morgan fingerprint density at radius 3 is 2.61 bits per heavy atom. The van der Waals surface area contributed by atoms with Crippen molar-refractivity contribution in [3.8, 4) is 0 Å². The van der Waals surface area contributed by atoms with Crippen molar-refractivity contribution in [2.75, 3.05) is 18.5 Å². The van der Waals surface area contributed by atoms with Gasteiger partial charge in [0.05, 0.1) is 6.04 Å². The number of hydrogen-bond acceptors (Lipinski definition) is 3. The van der Waals surface area contributed by atoms with Crippen molar-refractivity contribution >= 4 is 39.3 Å². The molecule has 1 fully saturated rings. The van der Waals surface area contributed by atoms with E-state index in [1.54, 1.807) is 24.1 Å². The lowest BCUT2D eigenvalue weighted by molar-refractivity contribution is -0.117. The van der Waals surface area contributed by atoms with Crippen LogP contribution in [0.4, 0.5) is 14.9 Å². The van der Waals surface area contributed by atoms with Gasteiger partial charge in [0.25, 0.3) is 0 Å². The largest absolute Gasteiger partial charge is 0.327 e.